The lowest BCUT2D eigenvalue weighted by molar-refractivity contribution is 0.0664. The first kappa shape index (κ1) is 21.2. The zero-order valence-electron chi connectivity index (χ0n) is 19.0. The third-order valence-electron chi connectivity index (χ3n) is 6.30. The van der Waals surface area contributed by atoms with Gasteiger partial charge in [0.2, 0.25) is 0 Å². The molecule has 0 spiro atoms. The summed E-state index contributed by atoms with van der Waals surface area (Å²) < 4.78 is 13.4. The van der Waals surface area contributed by atoms with Gasteiger partial charge < -0.3 is 18.6 Å². The number of carbonyl (C=O) groups excluding carboxylic acids is 1. The van der Waals surface area contributed by atoms with Crippen LogP contribution >= 0.6 is 0 Å². The largest absolute Gasteiger partial charge is 0.497 e. The van der Waals surface area contributed by atoms with E-state index in [1.807, 2.05) is 53.6 Å². The zero-order chi connectivity index (χ0) is 22.8. The number of hydrogen-bond acceptors (Lipinski definition) is 5. The van der Waals surface area contributed by atoms with Crippen LogP contribution in [0.5, 0.6) is 5.75 Å². The number of hydrogen-bond donors (Lipinski definition) is 0. The number of aromatic nitrogens is 3. The smallest absolute Gasteiger partial charge is 0.289 e. The number of methoxy groups -OCH3 is 1. The van der Waals surface area contributed by atoms with E-state index in [9.17, 15) is 4.79 Å². The lowest BCUT2D eigenvalue weighted by Gasteiger charge is -2.33. The van der Waals surface area contributed by atoms with E-state index in [1.54, 1.807) is 13.2 Å². The first-order chi connectivity index (χ1) is 16.2. The van der Waals surface area contributed by atoms with E-state index in [1.165, 1.54) is 0 Å². The number of benzene rings is 1. The molecule has 0 bridgehead atoms. The first-order valence-electron chi connectivity index (χ1n) is 11.5. The Bertz CT molecular complexity index is 1250. The molecule has 0 atom stereocenters. The van der Waals surface area contributed by atoms with E-state index in [0.717, 1.165) is 54.0 Å². The van der Waals surface area contributed by atoms with Crippen molar-refractivity contribution in [2.24, 2.45) is 0 Å². The third kappa shape index (κ3) is 4.11. The molecule has 0 radical (unpaired) electrons. The third-order valence-corrected chi connectivity index (χ3v) is 6.30. The summed E-state index contributed by atoms with van der Waals surface area (Å²) >= 11 is 0. The summed E-state index contributed by atoms with van der Waals surface area (Å²) in [6.45, 7) is 3.53. The van der Waals surface area contributed by atoms with Gasteiger partial charge in [0.15, 0.2) is 11.4 Å². The summed E-state index contributed by atoms with van der Waals surface area (Å²) in [4.78, 5) is 24.4. The SMILES string of the molecule is CCCc1nc2cccnc2n1C1CCN(C(=O)c2ccc(-c3ccc(OC)cc3)o2)CC1. The monoisotopic (exact) mass is 444 g/mol. The molecule has 1 aromatic carbocycles. The molecule has 1 aliphatic heterocycles. The van der Waals surface area contributed by atoms with Crippen molar-refractivity contribution < 1.29 is 13.9 Å². The summed E-state index contributed by atoms with van der Waals surface area (Å²) in [5.41, 5.74) is 2.80. The molecule has 3 aromatic heterocycles. The van der Waals surface area contributed by atoms with Crippen LogP contribution in [-0.4, -0.2) is 45.5 Å². The van der Waals surface area contributed by atoms with Crippen LogP contribution < -0.4 is 4.74 Å². The fourth-order valence-corrected chi connectivity index (χ4v) is 4.61. The van der Waals surface area contributed by atoms with Crippen LogP contribution in [0, 0.1) is 0 Å². The van der Waals surface area contributed by atoms with Crippen molar-refractivity contribution >= 4 is 17.1 Å². The average molecular weight is 445 g/mol. The van der Waals surface area contributed by atoms with Crippen LogP contribution in [0.4, 0.5) is 0 Å². The summed E-state index contributed by atoms with van der Waals surface area (Å²) in [7, 11) is 1.64. The van der Waals surface area contributed by atoms with Crippen LogP contribution in [0.3, 0.4) is 0 Å². The number of carbonyl (C=O) groups is 1. The van der Waals surface area contributed by atoms with Crippen molar-refractivity contribution in [3.05, 3.63) is 66.3 Å². The van der Waals surface area contributed by atoms with E-state index in [4.69, 9.17) is 14.1 Å². The van der Waals surface area contributed by atoms with E-state index in [-0.39, 0.29) is 5.91 Å². The van der Waals surface area contributed by atoms with Crippen LogP contribution in [-0.2, 0) is 6.42 Å². The van der Waals surface area contributed by atoms with Gasteiger partial charge in [-0.1, -0.05) is 6.92 Å². The molecule has 0 saturated carbocycles. The maximum absolute atomic E-state index is 13.1. The summed E-state index contributed by atoms with van der Waals surface area (Å²) in [5, 5.41) is 0. The number of piperidine rings is 1. The molecule has 7 heteroatoms. The highest BCUT2D eigenvalue weighted by Gasteiger charge is 2.28. The topological polar surface area (TPSA) is 73.4 Å². The molecule has 1 saturated heterocycles. The second-order valence-electron chi connectivity index (χ2n) is 8.41. The number of furan rings is 1. The lowest BCUT2D eigenvalue weighted by Crippen LogP contribution is -2.39. The molecule has 1 fully saturated rings. The maximum Gasteiger partial charge on any atom is 0.289 e. The predicted molar refractivity (Wildman–Crippen MR) is 126 cm³/mol. The first-order valence-corrected chi connectivity index (χ1v) is 11.5. The molecular weight excluding hydrogens is 416 g/mol. The molecule has 4 heterocycles. The molecule has 0 aliphatic carbocycles. The molecule has 5 rings (SSSR count). The Morgan fingerprint density at radius 2 is 1.91 bits per heavy atom. The summed E-state index contributed by atoms with van der Waals surface area (Å²) in [6, 6.07) is 15.5. The van der Waals surface area contributed by atoms with E-state index >= 15 is 0 Å². The van der Waals surface area contributed by atoms with Crippen LogP contribution in [0.2, 0.25) is 0 Å². The van der Waals surface area contributed by atoms with Gasteiger partial charge in [-0.2, -0.15) is 0 Å². The molecule has 1 aliphatic rings. The number of fused-ring (bicyclic) bond motifs is 1. The number of imidazole rings is 1. The van der Waals surface area contributed by atoms with Gasteiger partial charge in [-0.15, -0.1) is 0 Å². The van der Waals surface area contributed by atoms with Gasteiger partial charge in [-0.05, 0) is 67.8 Å². The Morgan fingerprint density at radius 3 is 2.64 bits per heavy atom. The van der Waals surface area contributed by atoms with Gasteiger partial charge in [0, 0.05) is 37.3 Å². The molecule has 4 aromatic rings. The Balaban J connectivity index is 1.29. The maximum atomic E-state index is 13.1. The van der Waals surface area contributed by atoms with Crippen LogP contribution in [0.1, 0.15) is 48.6 Å². The Morgan fingerprint density at radius 1 is 1.12 bits per heavy atom. The lowest BCUT2D eigenvalue weighted by atomic mass is 10.0. The number of amides is 1. The molecule has 0 unspecified atom stereocenters. The molecule has 0 N–H and O–H groups in total. The van der Waals surface area contributed by atoms with E-state index < -0.39 is 0 Å². The van der Waals surface area contributed by atoms with Crippen LogP contribution in [0.25, 0.3) is 22.5 Å². The second kappa shape index (κ2) is 9.10. The van der Waals surface area contributed by atoms with Gasteiger partial charge in [-0.3, -0.25) is 4.79 Å². The minimum atomic E-state index is -0.0596. The van der Waals surface area contributed by atoms with E-state index in [2.05, 4.69) is 16.5 Å². The molecule has 1 amide bonds. The van der Waals surface area contributed by atoms with Crippen molar-refractivity contribution in [1.82, 2.24) is 19.4 Å². The van der Waals surface area contributed by atoms with Crippen molar-refractivity contribution in [3.8, 4) is 17.1 Å². The quantitative estimate of drug-likeness (QED) is 0.412. The minimum absolute atomic E-state index is 0.0596. The fourth-order valence-electron chi connectivity index (χ4n) is 4.61. The Labute approximate surface area is 193 Å². The van der Waals surface area contributed by atoms with Crippen molar-refractivity contribution in [1.29, 1.82) is 0 Å². The number of rotatable bonds is 6. The molecular formula is C26H28N4O3. The van der Waals surface area contributed by atoms with Crippen molar-refractivity contribution in [3.63, 3.8) is 0 Å². The number of ether oxygens (including phenoxy) is 1. The number of likely N-dealkylation sites (tertiary alicyclic amines) is 1. The second-order valence-corrected chi connectivity index (χ2v) is 8.41. The van der Waals surface area contributed by atoms with Gasteiger partial charge in [0.1, 0.15) is 22.9 Å². The van der Waals surface area contributed by atoms with Gasteiger partial charge in [0.05, 0.1) is 7.11 Å². The number of pyridine rings is 1. The predicted octanol–water partition coefficient (Wildman–Crippen LogP) is 5.13. The Hall–Kier alpha value is -3.61. The number of nitrogens with zero attached hydrogens (tertiary/aromatic N) is 4. The standard InChI is InChI=1S/C26H28N4O3/c1-3-5-24-28-21-6-4-15-27-25(21)30(24)19-13-16-29(17-14-19)26(31)23-12-11-22(33-23)18-7-9-20(32-2)10-8-18/h4,6-12,15,19H,3,5,13-14,16-17H2,1-2H3. The van der Waals surface area contributed by atoms with Gasteiger partial charge in [0.25, 0.3) is 5.91 Å². The summed E-state index contributed by atoms with van der Waals surface area (Å²) in [6.07, 6.45) is 5.53. The molecule has 33 heavy (non-hydrogen) atoms. The van der Waals surface area contributed by atoms with E-state index in [0.29, 0.717) is 30.7 Å². The normalized spacial score (nSPS) is 14.7. The number of aryl methyl sites for hydroxylation is 1. The van der Waals surface area contributed by atoms with Crippen LogP contribution in [0.15, 0.2) is 59.1 Å². The Kier molecular flexibility index (Phi) is 5.86. The zero-order valence-corrected chi connectivity index (χ0v) is 19.0. The highest BCUT2D eigenvalue weighted by atomic mass is 16.5. The highest BCUT2D eigenvalue weighted by molar-refractivity contribution is 5.92. The highest BCUT2D eigenvalue weighted by Crippen LogP contribution is 2.30. The summed E-state index contributed by atoms with van der Waals surface area (Å²) in [5.74, 6) is 2.87. The fraction of sp³-hybridized carbons (Fsp3) is 0.346. The average Bonchev–Trinajstić information content (AvgIpc) is 3.49. The van der Waals surface area contributed by atoms with Crippen molar-refractivity contribution in [2.75, 3.05) is 20.2 Å². The minimum Gasteiger partial charge on any atom is -0.497 e. The van der Waals surface area contributed by atoms with Gasteiger partial charge >= 0.3 is 0 Å². The molecule has 170 valence electrons. The molecule has 7 nitrogen and oxygen atoms in total. The van der Waals surface area contributed by atoms with Gasteiger partial charge in [-0.25, -0.2) is 9.97 Å². The van der Waals surface area contributed by atoms with Crippen molar-refractivity contribution in [2.45, 2.75) is 38.6 Å².